The van der Waals surface area contributed by atoms with Crippen molar-refractivity contribution >= 4 is 21.7 Å². The molecule has 25 heavy (non-hydrogen) atoms. The number of aromatic amines is 1. The number of hydrogen-bond acceptors (Lipinski definition) is 5. The van der Waals surface area contributed by atoms with Crippen LogP contribution in [0.5, 0.6) is 0 Å². The fourth-order valence-corrected chi connectivity index (χ4v) is 4.91. The molecule has 2 rings (SSSR count). The standard InChI is InChI=1S/C17H24N2O5S/c1-5-8-19(13-7-9-25(22,23)10-13)16(20)15-11(3)14(12(4)18-15)17(21)24-6-2/h5,13,18H,1,6-10H2,2-4H3. The minimum atomic E-state index is -3.12. The Morgan fingerprint density at radius 1 is 1.40 bits per heavy atom. The van der Waals surface area contributed by atoms with Crippen molar-refractivity contribution < 1.29 is 22.7 Å². The Morgan fingerprint density at radius 3 is 2.60 bits per heavy atom. The Labute approximate surface area is 148 Å². The molecule has 138 valence electrons. The molecule has 1 atom stereocenters. The smallest absolute Gasteiger partial charge is 0.340 e. The van der Waals surface area contributed by atoms with Crippen LogP contribution >= 0.6 is 0 Å². The molecule has 7 nitrogen and oxygen atoms in total. The van der Waals surface area contributed by atoms with Gasteiger partial charge in [0.25, 0.3) is 5.91 Å². The van der Waals surface area contributed by atoms with Crippen molar-refractivity contribution in [3.05, 3.63) is 35.2 Å². The van der Waals surface area contributed by atoms with Crippen molar-refractivity contribution in [2.45, 2.75) is 33.2 Å². The van der Waals surface area contributed by atoms with Gasteiger partial charge in [0.15, 0.2) is 9.84 Å². The minimum absolute atomic E-state index is 0.0456. The molecule has 1 saturated heterocycles. The predicted octanol–water partition coefficient (Wildman–Crippen LogP) is 1.62. The molecule has 1 aliphatic heterocycles. The van der Waals surface area contributed by atoms with Crippen LogP contribution in [0.2, 0.25) is 0 Å². The largest absolute Gasteiger partial charge is 0.462 e. The number of aromatic nitrogens is 1. The molecule has 1 amide bonds. The molecule has 1 N–H and O–H groups in total. The second-order valence-corrected chi connectivity index (χ2v) is 8.38. The van der Waals surface area contributed by atoms with E-state index in [9.17, 15) is 18.0 Å². The van der Waals surface area contributed by atoms with E-state index in [2.05, 4.69) is 11.6 Å². The number of rotatable bonds is 6. The van der Waals surface area contributed by atoms with Crippen molar-refractivity contribution in [3.8, 4) is 0 Å². The molecular weight excluding hydrogens is 344 g/mol. The van der Waals surface area contributed by atoms with Crippen LogP contribution in [0.4, 0.5) is 0 Å². The monoisotopic (exact) mass is 368 g/mol. The molecule has 1 aliphatic rings. The SMILES string of the molecule is C=CCN(C(=O)c1[nH]c(C)c(C(=O)OCC)c1C)C1CCS(=O)(=O)C1. The van der Waals surface area contributed by atoms with Crippen LogP contribution in [-0.2, 0) is 14.6 Å². The van der Waals surface area contributed by atoms with Gasteiger partial charge in [0, 0.05) is 18.3 Å². The zero-order chi connectivity index (χ0) is 18.8. The number of hydrogen-bond donors (Lipinski definition) is 1. The number of ether oxygens (including phenoxy) is 1. The van der Waals surface area contributed by atoms with Crippen molar-refractivity contribution in [1.29, 1.82) is 0 Å². The van der Waals surface area contributed by atoms with Gasteiger partial charge in [-0.25, -0.2) is 13.2 Å². The number of aryl methyl sites for hydroxylation is 1. The lowest BCUT2D eigenvalue weighted by molar-refractivity contribution is 0.0525. The van der Waals surface area contributed by atoms with Gasteiger partial charge in [-0.2, -0.15) is 0 Å². The van der Waals surface area contributed by atoms with E-state index in [-0.39, 0.29) is 42.3 Å². The van der Waals surface area contributed by atoms with E-state index < -0.39 is 15.8 Å². The average Bonchev–Trinajstić information content (AvgIpc) is 3.03. The third kappa shape index (κ3) is 3.95. The summed E-state index contributed by atoms with van der Waals surface area (Å²) in [6.45, 7) is 9.24. The summed E-state index contributed by atoms with van der Waals surface area (Å²) in [5.41, 5.74) is 1.70. The number of carbonyl (C=O) groups excluding carboxylic acids is 2. The number of carbonyl (C=O) groups is 2. The highest BCUT2D eigenvalue weighted by atomic mass is 32.2. The van der Waals surface area contributed by atoms with Crippen LogP contribution in [-0.4, -0.2) is 60.9 Å². The van der Waals surface area contributed by atoms with Crippen LogP contribution < -0.4 is 0 Å². The summed E-state index contributed by atoms with van der Waals surface area (Å²) in [6.07, 6.45) is 1.98. The summed E-state index contributed by atoms with van der Waals surface area (Å²) in [5, 5.41) is 0. The molecule has 1 fully saturated rings. The molecule has 0 spiro atoms. The lowest BCUT2D eigenvalue weighted by Gasteiger charge is -2.27. The molecule has 1 unspecified atom stereocenters. The molecule has 0 aromatic carbocycles. The summed E-state index contributed by atoms with van der Waals surface area (Å²) in [6, 6.07) is -0.385. The molecule has 1 aromatic heterocycles. The zero-order valence-corrected chi connectivity index (χ0v) is 15.6. The third-order valence-electron chi connectivity index (χ3n) is 4.37. The first-order chi connectivity index (χ1) is 11.7. The van der Waals surface area contributed by atoms with E-state index >= 15 is 0 Å². The van der Waals surface area contributed by atoms with E-state index in [1.807, 2.05) is 0 Å². The van der Waals surface area contributed by atoms with Crippen LogP contribution in [0.25, 0.3) is 0 Å². The molecule has 8 heteroatoms. The first-order valence-electron chi connectivity index (χ1n) is 8.20. The van der Waals surface area contributed by atoms with Gasteiger partial charge >= 0.3 is 5.97 Å². The molecule has 2 heterocycles. The number of nitrogens with zero attached hydrogens (tertiary/aromatic N) is 1. The summed E-state index contributed by atoms with van der Waals surface area (Å²) in [7, 11) is -3.12. The second-order valence-electron chi connectivity index (χ2n) is 6.15. The average molecular weight is 368 g/mol. The molecular formula is C17H24N2O5S. The van der Waals surface area contributed by atoms with Gasteiger partial charge in [-0.05, 0) is 32.8 Å². The van der Waals surface area contributed by atoms with Crippen molar-refractivity contribution in [1.82, 2.24) is 9.88 Å². The van der Waals surface area contributed by atoms with Gasteiger partial charge < -0.3 is 14.6 Å². The van der Waals surface area contributed by atoms with E-state index in [1.54, 1.807) is 26.8 Å². The summed E-state index contributed by atoms with van der Waals surface area (Å²) in [4.78, 5) is 29.6. The summed E-state index contributed by atoms with van der Waals surface area (Å²) < 4.78 is 28.6. The molecule has 0 bridgehead atoms. The van der Waals surface area contributed by atoms with Crippen LogP contribution in [0.3, 0.4) is 0 Å². The number of sulfone groups is 1. The maximum Gasteiger partial charge on any atom is 0.340 e. The maximum atomic E-state index is 13.0. The van der Waals surface area contributed by atoms with Crippen LogP contribution in [0.15, 0.2) is 12.7 Å². The van der Waals surface area contributed by atoms with Crippen molar-refractivity contribution in [2.75, 3.05) is 24.7 Å². The highest BCUT2D eigenvalue weighted by Gasteiger charge is 2.36. The molecule has 1 aromatic rings. The highest BCUT2D eigenvalue weighted by molar-refractivity contribution is 7.91. The lowest BCUT2D eigenvalue weighted by Crippen LogP contribution is -2.41. The summed E-state index contributed by atoms with van der Waals surface area (Å²) in [5.74, 6) is -0.782. The van der Waals surface area contributed by atoms with Crippen molar-refractivity contribution in [3.63, 3.8) is 0 Å². The van der Waals surface area contributed by atoms with E-state index in [0.717, 1.165) is 0 Å². The van der Waals surface area contributed by atoms with Gasteiger partial charge in [0.2, 0.25) is 0 Å². The van der Waals surface area contributed by atoms with E-state index in [0.29, 0.717) is 23.2 Å². The minimum Gasteiger partial charge on any atom is -0.462 e. The van der Waals surface area contributed by atoms with Gasteiger partial charge in [0.1, 0.15) is 5.69 Å². The maximum absolute atomic E-state index is 13.0. The lowest BCUT2D eigenvalue weighted by atomic mass is 10.1. The number of esters is 1. The van der Waals surface area contributed by atoms with Gasteiger partial charge in [-0.1, -0.05) is 6.08 Å². The predicted molar refractivity (Wildman–Crippen MR) is 94.5 cm³/mol. The first kappa shape index (κ1) is 19.2. The number of H-pyrrole nitrogens is 1. The molecule has 0 aliphatic carbocycles. The normalized spacial score (nSPS) is 18.8. The van der Waals surface area contributed by atoms with Crippen LogP contribution in [0.1, 0.15) is 45.4 Å². The Morgan fingerprint density at radius 2 is 2.08 bits per heavy atom. The fourth-order valence-electron chi connectivity index (χ4n) is 3.18. The number of nitrogens with one attached hydrogen (secondary N) is 1. The van der Waals surface area contributed by atoms with Crippen molar-refractivity contribution in [2.24, 2.45) is 0 Å². The molecule has 0 saturated carbocycles. The van der Waals surface area contributed by atoms with Gasteiger partial charge in [-0.3, -0.25) is 4.79 Å². The van der Waals surface area contributed by atoms with E-state index in [1.165, 1.54) is 4.90 Å². The van der Waals surface area contributed by atoms with Gasteiger partial charge in [0.05, 0.1) is 23.7 Å². The molecule has 0 radical (unpaired) electrons. The fraction of sp³-hybridized carbons (Fsp3) is 0.529. The highest BCUT2D eigenvalue weighted by Crippen LogP contribution is 2.24. The van der Waals surface area contributed by atoms with Crippen LogP contribution in [0, 0.1) is 13.8 Å². The Bertz CT molecular complexity index is 794. The zero-order valence-electron chi connectivity index (χ0n) is 14.8. The Hall–Kier alpha value is -2.09. The number of amides is 1. The second kappa shape index (κ2) is 7.43. The Kier molecular flexibility index (Phi) is 5.72. The quantitative estimate of drug-likeness (QED) is 0.608. The summed E-state index contributed by atoms with van der Waals surface area (Å²) >= 11 is 0. The topological polar surface area (TPSA) is 96.5 Å². The third-order valence-corrected chi connectivity index (χ3v) is 6.12. The van der Waals surface area contributed by atoms with E-state index in [4.69, 9.17) is 4.74 Å². The Balaban J connectivity index is 2.35. The first-order valence-corrected chi connectivity index (χ1v) is 10.0. The van der Waals surface area contributed by atoms with Gasteiger partial charge in [-0.15, -0.1) is 6.58 Å².